The van der Waals surface area contributed by atoms with Crippen LogP contribution in [0.2, 0.25) is 0 Å². The van der Waals surface area contributed by atoms with Gasteiger partial charge in [-0.05, 0) is 25.5 Å². The Labute approximate surface area is 113 Å². The van der Waals surface area contributed by atoms with Gasteiger partial charge in [0.25, 0.3) is 0 Å². The number of nitrogens with one attached hydrogen (secondary N) is 1. The molecular weight excluding hydrogens is 242 g/mol. The van der Waals surface area contributed by atoms with E-state index in [1.165, 1.54) is 0 Å². The third kappa shape index (κ3) is 3.79. The molecule has 0 spiro atoms. The van der Waals surface area contributed by atoms with Gasteiger partial charge in [0.2, 0.25) is 0 Å². The van der Waals surface area contributed by atoms with Crippen LogP contribution in [-0.2, 0) is 11.3 Å². The van der Waals surface area contributed by atoms with Gasteiger partial charge in [-0.25, -0.2) is 9.97 Å². The summed E-state index contributed by atoms with van der Waals surface area (Å²) in [5, 5.41) is 3.27. The van der Waals surface area contributed by atoms with Gasteiger partial charge in [0.05, 0.1) is 6.26 Å². The van der Waals surface area contributed by atoms with Crippen LogP contribution in [0.5, 0.6) is 0 Å². The summed E-state index contributed by atoms with van der Waals surface area (Å²) in [6.07, 6.45) is 2.68. The molecule has 0 radical (unpaired) electrons. The number of aromatic nitrogens is 2. The number of hydrogen-bond acceptors (Lipinski definition) is 5. The van der Waals surface area contributed by atoms with E-state index >= 15 is 0 Å². The molecule has 5 nitrogen and oxygen atoms in total. The number of nitrogens with zero attached hydrogens (tertiary/aromatic N) is 2. The van der Waals surface area contributed by atoms with E-state index in [1.54, 1.807) is 6.26 Å². The highest BCUT2D eigenvalue weighted by molar-refractivity contribution is 5.56. The van der Waals surface area contributed by atoms with Crippen LogP contribution in [0.4, 0.5) is 5.82 Å². The first kappa shape index (κ1) is 13.5. The Balaban J connectivity index is 2.25. The van der Waals surface area contributed by atoms with Crippen molar-refractivity contribution in [2.45, 2.75) is 26.9 Å². The van der Waals surface area contributed by atoms with Gasteiger partial charge in [-0.3, -0.25) is 0 Å². The minimum absolute atomic E-state index is 0.409. The lowest BCUT2D eigenvalue weighted by atomic mass is 10.3. The first-order valence-corrected chi connectivity index (χ1v) is 6.57. The highest BCUT2D eigenvalue weighted by Crippen LogP contribution is 2.20. The smallest absolute Gasteiger partial charge is 0.157 e. The normalized spacial score (nSPS) is 10.6. The van der Waals surface area contributed by atoms with Crippen LogP contribution >= 0.6 is 0 Å². The van der Waals surface area contributed by atoms with E-state index in [4.69, 9.17) is 9.15 Å². The zero-order chi connectivity index (χ0) is 13.5. The van der Waals surface area contributed by atoms with E-state index in [0.717, 1.165) is 30.2 Å². The van der Waals surface area contributed by atoms with Gasteiger partial charge >= 0.3 is 0 Å². The first-order chi connectivity index (χ1) is 9.33. The van der Waals surface area contributed by atoms with Crippen molar-refractivity contribution in [1.82, 2.24) is 9.97 Å². The van der Waals surface area contributed by atoms with Crippen molar-refractivity contribution in [3.8, 4) is 11.5 Å². The predicted molar refractivity (Wildman–Crippen MR) is 73.8 cm³/mol. The van der Waals surface area contributed by atoms with Crippen LogP contribution in [0.3, 0.4) is 0 Å². The molecule has 2 aromatic heterocycles. The Morgan fingerprint density at radius 1 is 1.32 bits per heavy atom. The van der Waals surface area contributed by atoms with Crippen molar-refractivity contribution in [2.24, 2.45) is 0 Å². The van der Waals surface area contributed by atoms with Crippen LogP contribution in [0, 0.1) is 0 Å². The molecule has 0 unspecified atom stereocenters. The van der Waals surface area contributed by atoms with Crippen molar-refractivity contribution in [2.75, 3.05) is 18.5 Å². The molecule has 0 aliphatic carbocycles. The lowest BCUT2D eigenvalue weighted by molar-refractivity contribution is 0.128. The van der Waals surface area contributed by atoms with Crippen molar-refractivity contribution < 1.29 is 9.15 Å². The maximum absolute atomic E-state index is 5.38. The zero-order valence-electron chi connectivity index (χ0n) is 11.3. The number of furan rings is 1. The van der Waals surface area contributed by atoms with E-state index in [2.05, 4.69) is 22.2 Å². The fraction of sp³-hybridized carbons (Fsp3) is 0.429. The van der Waals surface area contributed by atoms with Gasteiger partial charge in [0.15, 0.2) is 11.6 Å². The molecular formula is C14H19N3O2. The number of hydrogen-bond donors (Lipinski definition) is 1. The molecule has 2 heterocycles. The van der Waals surface area contributed by atoms with Crippen molar-refractivity contribution in [3.63, 3.8) is 0 Å². The zero-order valence-corrected chi connectivity index (χ0v) is 11.3. The molecule has 0 bridgehead atoms. The van der Waals surface area contributed by atoms with Crippen molar-refractivity contribution in [1.29, 1.82) is 0 Å². The molecule has 0 amide bonds. The fourth-order valence-corrected chi connectivity index (χ4v) is 1.65. The molecule has 0 aliphatic heterocycles. The fourth-order valence-electron chi connectivity index (χ4n) is 1.65. The maximum Gasteiger partial charge on any atom is 0.157 e. The van der Waals surface area contributed by atoms with Gasteiger partial charge in [-0.1, -0.05) is 6.92 Å². The molecule has 0 aromatic carbocycles. The molecule has 0 saturated heterocycles. The van der Waals surface area contributed by atoms with E-state index in [9.17, 15) is 0 Å². The average Bonchev–Trinajstić information content (AvgIpc) is 2.97. The summed E-state index contributed by atoms with van der Waals surface area (Å²) >= 11 is 0. The lowest BCUT2D eigenvalue weighted by Crippen LogP contribution is -2.07. The second-order valence-electron chi connectivity index (χ2n) is 4.10. The van der Waals surface area contributed by atoms with Gasteiger partial charge in [0, 0.05) is 19.2 Å². The SMILES string of the molecule is CCCNc1cc(-c2ccco2)nc(COCC)n1. The van der Waals surface area contributed by atoms with Crippen LogP contribution in [0.25, 0.3) is 11.5 Å². The Kier molecular flexibility index (Phi) is 4.92. The summed E-state index contributed by atoms with van der Waals surface area (Å²) in [5.74, 6) is 2.20. The van der Waals surface area contributed by atoms with Crippen LogP contribution in [-0.4, -0.2) is 23.1 Å². The van der Waals surface area contributed by atoms with Crippen LogP contribution < -0.4 is 5.32 Å². The standard InChI is InChI=1S/C14H19N3O2/c1-3-7-15-13-9-11(12-6-5-8-19-12)16-14(17-13)10-18-4-2/h5-6,8-9H,3-4,7,10H2,1-2H3,(H,15,16,17). The Morgan fingerprint density at radius 3 is 2.89 bits per heavy atom. The molecule has 5 heteroatoms. The Morgan fingerprint density at radius 2 is 2.21 bits per heavy atom. The second-order valence-corrected chi connectivity index (χ2v) is 4.10. The molecule has 0 atom stereocenters. The van der Waals surface area contributed by atoms with E-state index in [0.29, 0.717) is 19.0 Å². The third-order valence-corrected chi connectivity index (χ3v) is 2.54. The Hall–Kier alpha value is -1.88. The highest BCUT2D eigenvalue weighted by Gasteiger charge is 2.08. The molecule has 0 aliphatic rings. The molecule has 0 fully saturated rings. The van der Waals surface area contributed by atoms with Gasteiger partial charge in [-0.2, -0.15) is 0 Å². The van der Waals surface area contributed by atoms with Crippen molar-refractivity contribution in [3.05, 3.63) is 30.3 Å². The first-order valence-electron chi connectivity index (χ1n) is 6.57. The van der Waals surface area contributed by atoms with Crippen LogP contribution in [0.1, 0.15) is 26.1 Å². The largest absolute Gasteiger partial charge is 0.463 e. The maximum atomic E-state index is 5.38. The number of anilines is 1. The topological polar surface area (TPSA) is 60.2 Å². The average molecular weight is 261 g/mol. The number of rotatable bonds is 7. The minimum atomic E-state index is 0.409. The van der Waals surface area contributed by atoms with E-state index < -0.39 is 0 Å². The minimum Gasteiger partial charge on any atom is -0.463 e. The molecule has 19 heavy (non-hydrogen) atoms. The molecule has 2 rings (SSSR count). The summed E-state index contributed by atoms with van der Waals surface area (Å²) in [7, 11) is 0. The second kappa shape index (κ2) is 6.89. The Bertz CT molecular complexity index is 471. The third-order valence-electron chi connectivity index (χ3n) is 2.54. The number of ether oxygens (including phenoxy) is 1. The monoisotopic (exact) mass is 261 g/mol. The molecule has 2 aromatic rings. The lowest BCUT2D eigenvalue weighted by Gasteiger charge is -2.08. The van der Waals surface area contributed by atoms with Gasteiger partial charge in [-0.15, -0.1) is 0 Å². The summed E-state index contributed by atoms with van der Waals surface area (Å²) in [5.41, 5.74) is 0.772. The van der Waals surface area contributed by atoms with E-state index in [1.807, 2.05) is 25.1 Å². The van der Waals surface area contributed by atoms with E-state index in [-0.39, 0.29) is 0 Å². The quantitative estimate of drug-likeness (QED) is 0.829. The molecule has 1 N–H and O–H groups in total. The summed E-state index contributed by atoms with van der Waals surface area (Å²) < 4.78 is 10.7. The molecule has 0 saturated carbocycles. The highest BCUT2D eigenvalue weighted by atomic mass is 16.5. The summed E-state index contributed by atoms with van der Waals surface area (Å²) in [6.45, 7) is 6.00. The summed E-state index contributed by atoms with van der Waals surface area (Å²) in [4.78, 5) is 8.88. The van der Waals surface area contributed by atoms with Gasteiger partial charge < -0.3 is 14.5 Å². The van der Waals surface area contributed by atoms with Crippen molar-refractivity contribution >= 4 is 5.82 Å². The summed E-state index contributed by atoms with van der Waals surface area (Å²) in [6, 6.07) is 5.62. The van der Waals surface area contributed by atoms with Gasteiger partial charge in [0.1, 0.15) is 18.1 Å². The van der Waals surface area contributed by atoms with Crippen LogP contribution in [0.15, 0.2) is 28.9 Å². The molecule has 102 valence electrons. The predicted octanol–water partition coefficient (Wildman–Crippen LogP) is 3.10.